The van der Waals surface area contributed by atoms with Crippen LogP contribution in [0.1, 0.15) is 62.2 Å². The Kier molecular flexibility index (Phi) is 9.55. The number of rotatable bonds is 9. The first kappa shape index (κ1) is 28.8. The van der Waals surface area contributed by atoms with Gasteiger partial charge in [-0.15, -0.1) is 11.3 Å². The molecule has 1 atom stereocenters. The molecule has 0 fully saturated rings. The smallest absolute Gasteiger partial charge is 0.261 e. The summed E-state index contributed by atoms with van der Waals surface area (Å²) < 4.78 is 5.39. The normalized spacial score (nSPS) is 18.9. The number of thiophene rings is 1. The summed E-state index contributed by atoms with van der Waals surface area (Å²) >= 11 is 1.46. The van der Waals surface area contributed by atoms with E-state index in [1.807, 2.05) is 31.2 Å². The molecule has 2 heterocycles. The summed E-state index contributed by atoms with van der Waals surface area (Å²) in [6.07, 6.45) is 12.1. The fourth-order valence-corrected chi connectivity index (χ4v) is 5.72. The number of allylic oxidation sites excluding steroid dienone is 3. The van der Waals surface area contributed by atoms with Crippen LogP contribution in [0.25, 0.3) is 0 Å². The average molecular weight is 562 g/mol. The number of nitrogens with two attached hydrogens (primary N) is 1. The molecule has 210 valence electrons. The van der Waals surface area contributed by atoms with Gasteiger partial charge in [-0.3, -0.25) is 14.4 Å². The molecule has 1 aliphatic heterocycles. The number of hydrogen-bond acceptors (Lipinski definition) is 7. The van der Waals surface area contributed by atoms with Crippen molar-refractivity contribution in [2.24, 2.45) is 0 Å². The fourth-order valence-electron chi connectivity index (χ4n) is 4.64. The summed E-state index contributed by atoms with van der Waals surface area (Å²) in [6.45, 7) is 3.14. The molecule has 1 aliphatic carbocycles. The first-order valence-electron chi connectivity index (χ1n) is 13.3. The number of benzene rings is 1. The maximum Gasteiger partial charge on any atom is 0.261 e. The standard InChI is InChI=1S/C30H35N5O4S/c1-3-25(34-28(36)20-9-10-24(32)21(14-20)16-31)30(38)35-12-11-26-22(18-35)15-27(40-26)29(37)33-17-19-7-5-4-6-8-23(13-19)39-2/h5,7-10,13-16,25,31H,3-4,6,11-12,17-18,32H2,1-2H3,(H,33,37)(H,34,36)/b7-5-,19-13+,23-8+,31-16?/t25-/m1/s1. The summed E-state index contributed by atoms with van der Waals surface area (Å²) in [4.78, 5) is 42.6. The third-order valence-corrected chi connectivity index (χ3v) is 8.18. The highest BCUT2D eigenvalue weighted by Crippen LogP contribution is 2.29. The molecule has 0 saturated carbocycles. The van der Waals surface area contributed by atoms with Crippen molar-refractivity contribution in [1.29, 1.82) is 5.41 Å². The second-order valence-electron chi connectivity index (χ2n) is 9.68. The average Bonchev–Trinajstić information content (AvgIpc) is 3.39. The van der Waals surface area contributed by atoms with Gasteiger partial charge in [0.25, 0.3) is 11.8 Å². The van der Waals surface area contributed by atoms with Crippen LogP contribution in [-0.4, -0.2) is 55.1 Å². The van der Waals surface area contributed by atoms with Crippen LogP contribution in [0.15, 0.2) is 59.9 Å². The lowest BCUT2D eigenvalue weighted by Crippen LogP contribution is -2.49. The van der Waals surface area contributed by atoms with Gasteiger partial charge in [0, 0.05) is 47.5 Å². The van der Waals surface area contributed by atoms with Gasteiger partial charge in [0.1, 0.15) is 11.8 Å². The number of anilines is 1. The number of nitrogens with one attached hydrogen (secondary N) is 3. The van der Waals surface area contributed by atoms with Crippen molar-refractivity contribution in [3.63, 3.8) is 0 Å². The van der Waals surface area contributed by atoms with Crippen molar-refractivity contribution in [2.45, 2.75) is 45.2 Å². The van der Waals surface area contributed by atoms with Crippen LogP contribution < -0.4 is 16.4 Å². The summed E-state index contributed by atoms with van der Waals surface area (Å²) in [7, 11) is 1.64. The van der Waals surface area contributed by atoms with Crippen LogP contribution in [0.2, 0.25) is 0 Å². The predicted molar refractivity (Wildman–Crippen MR) is 158 cm³/mol. The van der Waals surface area contributed by atoms with Gasteiger partial charge in [-0.1, -0.05) is 19.1 Å². The van der Waals surface area contributed by atoms with E-state index in [0.717, 1.165) is 40.8 Å². The minimum absolute atomic E-state index is 0.150. The van der Waals surface area contributed by atoms with Gasteiger partial charge in [-0.2, -0.15) is 0 Å². The van der Waals surface area contributed by atoms with Crippen molar-refractivity contribution >= 4 is 41.0 Å². The van der Waals surface area contributed by atoms with Crippen molar-refractivity contribution in [2.75, 3.05) is 25.9 Å². The molecule has 0 radical (unpaired) electrons. The molecule has 3 amide bonds. The van der Waals surface area contributed by atoms with E-state index in [1.165, 1.54) is 17.4 Å². The minimum Gasteiger partial charge on any atom is -0.497 e. The SMILES string of the molecule is CC[C@@H](NC(=O)c1ccc(N)c(C=N)c1)C(=O)N1CCc2sc(C(=O)NCC3=C/C(OC)=C\CC/C=C\3)cc2C1. The summed E-state index contributed by atoms with van der Waals surface area (Å²) in [5.41, 5.74) is 8.94. The maximum atomic E-state index is 13.4. The van der Waals surface area contributed by atoms with Crippen LogP contribution in [0, 0.1) is 5.41 Å². The molecule has 4 rings (SSSR count). The lowest BCUT2D eigenvalue weighted by atomic mass is 10.1. The molecule has 2 aromatic rings. The second kappa shape index (κ2) is 13.3. The van der Waals surface area contributed by atoms with Crippen LogP contribution in [0.3, 0.4) is 0 Å². The van der Waals surface area contributed by atoms with E-state index in [2.05, 4.69) is 16.7 Å². The number of ether oxygens (including phenoxy) is 1. The van der Waals surface area contributed by atoms with E-state index in [1.54, 1.807) is 24.1 Å². The Morgan fingerprint density at radius 1 is 1.23 bits per heavy atom. The maximum absolute atomic E-state index is 13.4. The quantitative estimate of drug-likeness (QED) is 0.271. The first-order chi connectivity index (χ1) is 19.3. The van der Waals surface area contributed by atoms with Gasteiger partial charge in [0.05, 0.1) is 12.0 Å². The van der Waals surface area contributed by atoms with Crippen LogP contribution in [-0.2, 0) is 22.5 Å². The van der Waals surface area contributed by atoms with E-state index >= 15 is 0 Å². The summed E-state index contributed by atoms with van der Waals surface area (Å²) in [5, 5.41) is 13.3. The third kappa shape index (κ3) is 6.87. The predicted octanol–water partition coefficient (Wildman–Crippen LogP) is 3.96. The second-order valence-corrected chi connectivity index (χ2v) is 10.8. The van der Waals surface area contributed by atoms with Gasteiger partial charge >= 0.3 is 0 Å². The van der Waals surface area contributed by atoms with Gasteiger partial charge in [-0.25, -0.2) is 0 Å². The van der Waals surface area contributed by atoms with Gasteiger partial charge < -0.3 is 31.4 Å². The highest BCUT2D eigenvalue weighted by Gasteiger charge is 2.29. The van der Waals surface area contributed by atoms with Crippen LogP contribution >= 0.6 is 11.3 Å². The molecular formula is C30H35N5O4S. The van der Waals surface area contributed by atoms with E-state index in [4.69, 9.17) is 15.9 Å². The largest absolute Gasteiger partial charge is 0.497 e. The van der Waals surface area contributed by atoms with E-state index in [0.29, 0.717) is 54.2 Å². The molecule has 40 heavy (non-hydrogen) atoms. The highest BCUT2D eigenvalue weighted by atomic mass is 32.1. The zero-order valence-electron chi connectivity index (χ0n) is 22.8. The molecular weight excluding hydrogens is 526 g/mol. The van der Waals surface area contributed by atoms with E-state index in [9.17, 15) is 14.4 Å². The van der Waals surface area contributed by atoms with Crippen LogP contribution in [0.5, 0.6) is 0 Å². The number of nitrogens with zero attached hydrogens (tertiary/aromatic N) is 1. The Bertz CT molecular complexity index is 1390. The molecule has 0 spiro atoms. The van der Waals surface area contributed by atoms with Gasteiger partial charge in [0.2, 0.25) is 5.91 Å². The molecule has 1 aromatic carbocycles. The number of amides is 3. The Morgan fingerprint density at radius 3 is 2.80 bits per heavy atom. The van der Waals surface area contributed by atoms with E-state index < -0.39 is 11.9 Å². The molecule has 9 nitrogen and oxygen atoms in total. The van der Waals surface area contributed by atoms with Crippen molar-refractivity contribution in [3.05, 3.63) is 86.3 Å². The first-order valence-corrected chi connectivity index (χ1v) is 14.1. The Balaban J connectivity index is 1.38. The van der Waals surface area contributed by atoms with Crippen molar-refractivity contribution in [3.8, 4) is 0 Å². The number of carbonyl (C=O) groups excluding carboxylic acids is 3. The number of methoxy groups -OCH3 is 1. The summed E-state index contributed by atoms with van der Waals surface area (Å²) in [6, 6.07) is 5.87. The molecule has 2 aliphatic rings. The molecule has 10 heteroatoms. The number of fused-ring (bicyclic) bond motifs is 1. The lowest BCUT2D eigenvalue weighted by Gasteiger charge is -2.30. The van der Waals surface area contributed by atoms with Crippen molar-refractivity contribution in [1.82, 2.24) is 15.5 Å². The van der Waals surface area contributed by atoms with Gasteiger partial charge in [0.15, 0.2) is 0 Å². The lowest BCUT2D eigenvalue weighted by molar-refractivity contribution is -0.134. The molecule has 0 bridgehead atoms. The zero-order valence-corrected chi connectivity index (χ0v) is 23.6. The molecule has 1 aromatic heterocycles. The highest BCUT2D eigenvalue weighted by molar-refractivity contribution is 7.14. The molecule has 0 unspecified atom stereocenters. The third-order valence-electron chi connectivity index (χ3n) is 6.95. The number of nitrogen functional groups attached to an aromatic ring is 1. The topological polar surface area (TPSA) is 138 Å². The zero-order chi connectivity index (χ0) is 28.6. The van der Waals surface area contributed by atoms with Crippen molar-refractivity contribution < 1.29 is 19.1 Å². The number of hydrogen-bond donors (Lipinski definition) is 4. The molecule has 5 N–H and O–H groups in total. The van der Waals surface area contributed by atoms with Gasteiger partial charge in [-0.05, 0) is 73.2 Å². The van der Waals surface area contributed by atoms with Crippen LogP contribution in [0.4, 0.5) is 5.69 Å². The molecule has 0 saturated heterocycles. The monoisotopic (exact) mass is 561 g/mol. The number of carbonyl (C=O) groups is 3. The fraction of sp³-hybridized carbons (Fsp3) is 0.333. The Hall–Kier alpha value is -4.18. The summed E-state index contributed by atoms with van der Waals surface area (Å²) in [5.74, 6) is 0.0865. The Morgan fingerprint density at radius 2 is 2.05 bits per heavy atom. The minimum atomic E-state index is -0.687. The Labute approximate surface area is 238 Å². The van der Waals surface area contributed by atoms with E-state index in [-0.39, 0.29) is 11.8 Å².